The first-order valence-electron chi connectivity index (χ1n) is 4.81. The smallest absolute Gasteiger partial charge is 0.334 e. The summed E-state index contributed by atoms with van der Waals surface area (Å²) in [6, 6.07) is 5.64. The number of hydrogen-bond donors (Lipinski definition) is 3. The third kappa shape index (κ3) is 5.21. The predicted octanol–water partition coefficient (Wildman–Crippen LogP) is 1.46. The van der Waals surface area contributed by atoms with Crippen LogP contribution < -0.4 is 16.4 Å². The maximum absolute atomic E-state index is 11.8. The zero-order chi connectivity index (χ0) is 12.9. The summed E-state index contributed by atoms with van der Waals surface area (Å²) in [5.74, 6) is 0. The molecule has 0 heterocycles. The summed E-state index contributed by atoms with van der Waals surface area (Å²) in [5.41, 5.74) is 6.94. The summed E-state index contributed by atoms with van der Waals surface area (Å²) < 4.78 is 35.3. The summed E-state index contributed by atoms with van der Waals surface area (Å²) in [6.45, 7) is 0.346. The monoisotopic (exact) mass is 247 g/mol. The standard InChI is InChI=1S/C10H12F3N3O/c11-10(12,13)16-9(17)15-6-8-3-1-2-7(4-8)5-14/h1-4H,5-6,14H2,(H2,15,16,17). The molecule has 1 rings (SSSR count). The summed E-state index contributed by atoms with van der Waals surface area (Å²) in [5, 5.41) is 2.94. The van der Waals surface area contributed by atoms with Gasteiger partial charge in [-0.15, -0.1) is 0 Å². The van der Waals surface area contributed by atoms with Crippen molar-refractivity contribution in [2.75, 3.05) is 0 Å². The van der Waals surface area contributed by atoms with Crippen molar-refractivity contribution in [3.63, 3.8) is 0 Å². The van der Waals surface area contributed by atoms with Gasteiger partial charge in [0.15, 0.2) is 0 Å². The minimum absolute atomic E-state index is 0.00968. The van der Waals surface area contributed by atoms with E-state index in [0.717, 1.165) is 10.9 Å². The molecule has 0 saturated carbocycles. The number of rotatable bonds is 3. The molecular weight excluding hydrogens is 235 g/mol. The summed E-state index contributed by atoms with van der Waals surface area (Å²) in [4.78, 5) is 10.8. The molecule has 94 valence electrons. The van der Waals surface area contributed by atoms with Gasteiger partial charge in [-0.25, -0.2) is 10.1 Å². The van der Waals surface area contributed by atoms with Crippen LogP contribution in [-0.2, 0) is 13.1 Å². The Hall–Kier alpha value is -1.76. The molecule has 0 unspecified atom stereocenters. The van der Waals surface area contributed by atoms with Crippen LogP contribution in [-0.4, -0.2) is 12.3 Å². The molecule has 17 heavy (non-hydrogen) atoms. The van der Waals surface area contributed by atoms with Crippen LogP contribution in [0, 0.1) is 0 Å². The fourth-order valence-corrected chi connectivity index (χ4v) is 1.22. The normalized spacial score (nSPS) is 11.1. The number of amides is 2. The van der Waals surface area contributed by atoms with Crippen LogP contribution in [0.25, 0.3) is 0 Å². The fraction of sp³-hybridized carbons (Fsp3) is 0.300. The second kappa shape index (κ2) is 5.53. The third-order valence-corrected chi connectivity index (χ3v) is 1.94. The molecule has 2 amide bonds. The third-order valence-electron chi connectivity index (χ3n) is 1.94. The molecule has 0 fully saturated rings. The number of nitrogens with two attached hydrogens (primary N) is 1. The summed E-state index contributed by atoms with van der Waals surface area (Å²) in [7, 11) is 0. The molecule has 0 bridgehead atoms. The van der Waals surface area contributed by atoms with Crippen LogP contribution in [0.5, 0.6) is 0 Å². The predicted molar refractivity (Wildman–Crippen MR) is 55.8 cm³/mol. The van der Waals surface area contributed by atoms with Crippen LogP contribution >= 0.6 is 0 Å². The minimum Gasteiger partial charge on any atom is -0.334 e. The van der Waals surface area contributed by atoms with Crippen molar-refractivity contribution < 1.29 is 18.0 Å². The van der Waals surface area contributed by atoms with Crippen molar-refractivity contribution >= 4 is 6.03 Å². The summed E-state index contributed by atoms with van der Waals surface area (Å²) in [6.07, 6.45) is -4.72. The molecule has 0 aliphatic carbocycles. The molecule has 0 radical (unpaired) electrons. The van der Waals surface area contributed by atoms with E-state index in [-0.39, 0.29) is 6.54 Å². The van der Waals surface area contributed by atoms with Gasteiger partial charge >= 0.3 is 12.3 Å². The van der Waals surface area contributed by atoms with Crippen LogP contribution in [0.15, 0.2) is 24.3 Å². The zero-order valence-corrected chi connectivity index (χ0v) is 8.84. The lowest BCUT2D eigenvalue weighted by Gasteiger charge is -2.10. The Morgan fingerprint density at radius 1 is 1.29 bits per heavy atom. The van der Waals surface area contributed by atoms with Gasteiger partial charge in [-0.2, -0.15) is 13.2 Å². The van der Waals surface area contributed by atoms with E-state index in [1.165, 1.54) is 0 Å². The Kier molecular flexibility index (Phi) is 4.33. The highest BCUT2D eigenvalue weighted by Crippen LogP contribution is 2.09. The van der Waals surface area contributed by atoms with Gasteiger partial charge in [-0.05, 0) is 11.1 Å². The minimum atomic E-state index is -4.72. The molecule has 0 aromatic heterocycles. The number of benzene rings is 1. The van der Waals surface area contributed by atoms with Crippen molar-refractivity contribution in [2.24, 2.45) is 5.73 Å². The van der Waals surface area contributed by atoms with E-state index >= 15 is 0 Å². The van der Waals surface area contributed by atoms with Gasteiger partial charge < -0.3 is 11.1 Å². The SMILES string of the molecule is NCc1cccc(CNC(=O)NC(F)(F)F)c1. The lowest BCUT2D eigenvalue weighted by Crippen LogP contribution is -2.43. The number of hydrogen-bond acceptors (Lipinski definition) is 2. The fourth-order valence-electron chi connectivity index (χ4n) is 1.22. The van der Waals surface area contributed by atoms with E-state index < -0.39 is 12.3 Å². The first kappa shape index (κ1) is 13.3. The first-order chi connectivity index (χ1) is 7.90. The Labute approximate surface area is 96.0 Å². The van der Waals surface area contributed by atoms with E-state index in [2.05, 4.69) is 5.32 Å². The first-order valence-corrected chi connectivity index (χ1v) is 4.81. The maximum atomic E-state index is 11.8. The molecule has 0 spiro atoms. The number of carbonyl (C=O) groups is 1. The van der Waals surface area contributed by atoms with E-state index in [9.17, 15) is 18.0 Å². The highest BCUT2D eigenvalue weighted by molar-refractivity contribution is 5.74. The zero-order valence-electron chi connectivity index (χ0n) is 8.84. The summed E-state index contributed by atoms with van der Waals surface area (Å²) >= 11 is 0. The average Bonchev–Trinajstić information content (AvgIpc) is 2.24. The maximum Gasteiger partial charge on any atom is 0.485 e. The van der Waals surface area contributed by atoms with Gasteiger partial charge in [0.1, 0.15) is 0 Å². The van der Waals surface area contributed by atoms with Crippen molar-refractivity contribution in [3.05, 3.63) is 35.4 Å². The number of urea groups is 1. The number of carbonyl (C=O) groups excluding carboxylic acids is 1. The molecule has 4 N–H and O–H groups in total. The van der Waals surface area contributed by atoms with Crippen LogP contribution in [0.2, 0.25) is 0 Å². The highest BCUT2D eigenvalue weighted by Gasteiger charge is 2.29. The van der Waals surface area contributed by atoms with Crippen molar-refractivity contribution in [1.82, 2.24) is 10.6 Å². The molecule has 7 heteroatoms. The second-order valence-corrected chi connectivity index (χ2v) is 3.33. The Morgan fingerprint density at radius 2 is 1.94 bits per heavy atom. The molecule has 1 aromatic carbocycles. The molecule has 0 aliphatic heterocycles. The molecule has 0 saturated heterocycles. The number of alkyl halides is 3. The Balaban J connectivity index is 2.47. The number of nitrogens with one attached hydrogen (secondary N) is 2. The van der Waals surface area contributed by atoms with Crippen molar-refractivity contribution in [2.45, 2.75) is 19.4 Å². The van der Waals surface area contributed by atoms with Gasteiger partial charge in [-0.3, -0.25) is 0 Å². The Morgan fingerprint density at radius 3 is 2.53 bits per heavy atom. The quantitative estimate of drug-likeness (QED) is 0.708. The molecule has 0 atom stereocenters. The van der Waals surface area contributed by atoms with E-state index in [4.69, 9.17) is 5.73 Å². The van der Waals surface area contributed by atoms with Crippen molar-refractivity contribution in [1.29, 1.82) is 0 Å². The largest absolute Gasteiger partial charge is 0.485 e. The van der Waals surface area contributed by atoms with Gasteiger partial charge in [-0.1, -0.05) is 24.3 Å². The molecular formula is C10H12F3N3O. The van der Waals surface area contributed by atoms with Gasteiger partial charge in [0, 0.05) is 13.1 Å². The second-order valence-electron chi connectivity index (χ2n) is 3.33. The van der Waals surface area contributed by atoms with Crippen molar-refractivity contribution in [3.8, 4) is 0 Å². The van der Waals surface area contributed by atoms with E-state index in [1.54, 1.807) is 24.3 Å². The highest BCUT2D eigenvalue weighted by atomic mass is 19.4. The number of halogens is 3. The van der Waals surface area contributed by atoms with Gasteiger partial charge in [0.25, 0.3) is 0 Å². The van der Waals surface area contributed by atoms with E-state index in [0.29, 0.717) is 12.1 Å². The molecule has 1 aromatic rings. The average molecular weight is 247 g/mol. The lowest BCUT2D eigenvalue weighted by atomic mass is 10.1. The molecule has 0 aliphatic rings. The van der Waals surface area contributed by atoms with Crippen LogP contribution in [0.3, 0.4) is 0 Å². The van der Waals surface area contributed by atoms with E-state index in [1.807, 2.05) is 0 Å². The lowest BCUT2D eigenvalue weighted by molar-refractivity contribution is -0.145. The Bertz CT molecular complexity index is 393. The van der Waals surface area contributed by atoms with Crippen LogP contribution in [0.4, 0.5) is 18.0 Å². The topological polar surface area (TPSA) is 67.1 Å². The van der Waals surface area contributed by atoms with Crippen LogP contribution in [0.1, 0.15) is 11.1 Å². The van der Waals surface area contributed by atoms with Gasteiger partial charge in [0.2, 0.25) is 0 Å². The molecule has 4 nitrogen and oxygen atoms in total. The van der Waals surface area contributed by atoms with Gasteiger partial charge in [0.05, 0.1) is 0 Å².